The van der Waals surface area contributed by atoms with Gasteiger partial charge in [0.05, 0.1) is 4.91 Å². The van der Waals surface area contributed by atoms with Gasteiger partial charge in [0.25, 0.3) is 5.91 Å². The second-order valence-electron chi connectivity index (χ2n) is 7.35. The molecule has 32 heavy (non-hydrogen) atoms. The topological polar surface area (TPSA) is 67.9 Å². The van der Waals surface area contributed by atoms with Crippen LogP contribution in [0.15, 0.2) is 65.1 Å². The van der Waals surface area contributed by atoms with E-state index in [1.807, 2.05) is 49.4 Å². The van der Waals surface area contributed by atoms with Crippen LogP contribution in [-0.4, -0.2) is 34.4 Å². The molecule has 0 saturated carbocycles. The zero-order valence-corrected chi connectivity index (χ0v) is 19.1. The number of hydrogen-bond donors (Lipinski definition) is 1. The summed E-state index contributed by atoms with van der Waals surface area (Å²) < 4.78 is 11.1. The molecule has 4 rings (SSSR count). The number of nitrogens with zero attached hydrogens (tertiary/aromatic N) is 1. The van der Waals surface area contributed by atoms with Crippen LogP contribution in [0.2, 0.25) is 0 Å². The van der Waals surface area contributed by atoms with Crippen molar-refractivity contribution in [2.45, 2.75) is 19.8 Å². The van der Waals surface area contributed by atoms with Crippen molar-refractivity contribution >= 4 is 51.9 Å². The Hall–Kier alpha value is -3.10. The molecule has 0 aromatic heterocycles. The lowest BCUT2D eigenvalue weighted by Gasteiger charge is -2.14. The fourth-order valence-corrected chi connectivity index (χ4v) is 4.71. The number of fused-ring (bicyclic) bond motifs is 1. The first-order valence-corrected chi connectivity index (χ1v) is 11.4. The van der Waals surface area contributed by atoms with Crippen molar-refractivity contribution < 1.29 is 19.1 Å². The van der Waals surface area contributed by atoms with Crippen molar-refractivity contribution in [3.8, 4) is 11.5 Å². The van der Waals surface area contributed by atoms with E-state index >= 15 is 0 Å². The molecule has 2 aliphatic rings. The smallest absolute Gasteiger partial charge is 0.266 e. The molecule has 0 unspecified atom stereocenters. The zero-order chi connectivity index (χ0) is 22.5. The van der Waals surface area contributed by atoms with E-state index in [0.29, 0.717) is 39.4 Å². The van der Waals surface area contributed by atoms with Crippen molar-refractivity contribution in [2.24, 2.45) is 0 Å². The van der Waals surface area contributed by atoms with Gasteiger partial charge in [-0.15, -0.1) is 0 Å². The van der Waals surface area contributed by atoms with Crippen molar-refractivity contribution in [3.05, 3.63) is 70.6 Å². The predicted molar refractivity (Wildman–Crippen MR) is 131 cm³/mol. The van der Waals surface area contributed by atoms with Crippen LogP contribution in [0.25, 0.3) is 6.08 Å². The monoisotopic (exact) mass is 466 g/mol. The second kappa shape index (κ2) is 10.0. The van der Waals surface area contributed by atoms with Crippen LogP contribution in [0.4, 0.5) is 5.69 Å². The summed E-state index contributed by atoms with van der Waals surface area (Å²) in [6.45, 7) is 2.55. The van der Waals surface area contributed by atoms with E-state index in [9.17, 15) is 9.59 Å². The van der Waals surface area contributed by atoms with Crippen LogP contribution in [0.1, 0.15) is 25.3 Å². The van der Waals surface area contributed by atoms with E-state index in [4.69, 9.17) is 21.7 Å². The standard InChI is InChI=1S/C24H22N2O4S2/c1-16(12-17-6-3-2-4-7-17)13-21-23(28)26(24(31)32-21)11-5-8-22(27)25-18-9-10-19-20(14-18)30-15-29-19/h2-4,6-7,9-10,12-14H,5,8,11,15H2,1H3,(H,25,27). The first-order valence-electron chi connectivity index (χ1n) is 10.2. The maximum Gasteiger partial charge on any atom is 0.266 e. The highest BCUT2D eigenvalue weighted by Crippen LogP contribution is 2.34. The molecule has 1 N–H and O–H groups in total. The van der Waals surface area contributed by atoms with Gasteiger partial charge < -0.3 is 14.8 Å². The minimum atomic E-state index is -0.133. The number of hydrogen-bond acceptors (Lipinski definition) is 6. The number of carbonyl (C=O) groups excluding carboxylic acids is 2. The normalized spacial score (nSPS) is 16.7. The van der Waals surface area contributed by atoms with Gasteiger partial charge in [0, 0.05) is 24.7 Å². The molecule has 8 heteroatoms. The Morgan fingerprint density at radius 2 is 1.97 bits per heavy atom. The third kappa shape index (κ3) is 5.38. The summed E-state index contributed by atoms with van der Waals surface area (Å²) >= 11 is 6.68. The van der Waals surface area contributed by atoms with Crippen molar-refractivity contribution in [3.63, 3.8) is 0 Å². The average molecular weight is 467 g/mol. The van der Waals surface area contributed by atoms with Gasteiger partial charge in [-0.2, -0.15) is 0 Å². The number of allylic oxidation sites excluding steroid dienone is 2. The highest BCUT2D eigenvalue weighted by molar-refractivity contribution is 8.26. The Balaban J connectivity index is 1.29. The molecule has 2 aliphatic heterocycles. The van der Waals surface area contributed by atoms with Gasteiger partial charge >= 0.3 is 0 Å². The number of amides is 2. The Bertz CT molecular complexity index is 1110. The first kappa shape index (κ1) is 22.1. The maximum absolute atomic E-state index is 12.8. The summed E-state index contributed by atoms with van der Waals surface area (Å²) in [6.07, 6.45) is 4.66. The summed E-state index contributed by atoms with van der Waals surface area (Å²) in [5, 5.41) is 2.84. The molecule has 0 bridgehead atoms. The molecule has 2 heterocycles. The van der Waals surface area contributed by atoms with E-state index < -0.39 is 0 Å². The van der Waals surface area contributed by atoms with Gasteiger partial charge in [-0.1, -0.05) is 60.4 Å². The minimum absolute atomic E-state index is 0.114. The molecule has 1 fully saturated rings. The average Bonchev–Trinajstić information content (AvgIpc) is 3.33. The third-order valence-corrected chi connectivity index (χ3v) is 6.25. The minimum Gasteiger partial charge on any atom is -0.454 e. The van der Waals surface area contributed by atoms with Crippen LogP contribution in [0.5, 0.6) is 11.5 Å². The first-order chi connectivity index (χ1) is 15.5. The molecule has 6 nitrogen and oxygen atoms in total. The fourth-order valence-electron chi connectivity index (χ4n) is 3.35. The van der Waals surface area contributed by atoms with Gasteiger partial charge in [-0.3, -0.25) is 14.5 Å². The number of thioether (sulfide) groups is 1. The molecule has 0 aliphatic carbocycles. The summed E-state index contributed by atoms with van der Waals surface area (Å²) in [7, 11) is 0. The van der Waals surface area contributed by atoms with Gasteiger partial charge in [0.15, 0.2) is 11.5 Å². The number of benzene rings is 2. The third-order valence-electron chi connectivity index (χ3n) is 4.87. The van der Waals surface area contributed by atoms with Gasteiger partial charge in [-0.05, 0) is 42.7 Å². The predicted octanol–water partition coefficient (Wildman–Crippen LogP) is 4.98. The van der Waals surface area contributed by atoms with Crippen LogP contribution >= 0.6 is 24.0 Å². The van der Waals surface area contributed by atoms with E-state index in [2.05, 4.69) is 5.32 Å². The number of rotatable bonds is 7. The molecular formula is C24H22N2O4S2. The van der Waals surface area contributed by atoms with E-state index in [1.54, 1.807) is 23.1 Å². The maximum atomic E-state index is 12.8. The van der Waals surface area contributed by atoms with Crippen molar-refractivity contribution in [2.75, 3.05) is 18.7 Å². The Morgan fingerprint density at radius 1 is 1.19 bits per heavy atom. The lowest BCUT2D eigenvalue weighted by Crippen LogP contribution is -2.29. The van der Waals surface area contributed by atoms with E-state index in [-0.39, 0.29) is 25.0 Å². The summed E-state index contributed by atoms with van der Waals surface area (Å²) in [6, 6.07) is 15.2. The SMILES string of the molecule is CC(=Cc1ccccc1)C=C1SC(=S)N(CCCC(=O)Nc2ccc3c(c2)OCO3)C1=O. The summed E-state index contributed by atoms with van der Waals surface area (Å²) in [5.74, 6) is 1.03. The zero-order valence-electron chi connectivity index (χ0n) is 17.5. The Kier molecular flexibility index (Phi) is 6.92. The van der Waals surface area contributed by atoms with Crippen LogP contribution in [-0.2, 0) is 9.59 Å². The lowest BCUT2D eigenvalue weighted by atomic mass is 10.1. The molecule has 164 valence electrons. The van der Waals surface area contributed by atoms with Crippen molar-refractivity contribution in [1.29, 1.82) is 0 Å². The lowest BCUT2D eigenvalue weighted by molar-refractivity contribution is -0.122. The quantitative estimate of drug-likeness (QED) is 0.458. The summed E-state index contributed by atoms with van der Waals surface area (Å²) in [4.78, 5) is 27.2. The molecule has 1 saturated heterocycles. The molecule has 2 aromatic rings. The van der Waals surface area contributed by atoms with Crippen LogP contribution < -0.4 is 14.8 Å². The molecule has 0 spiro atoms. The summed E-state index contributed by atoms with van der Waals surface area (Å²) in [5.41, 5.74) is 2.69. The Morgan fingerprint density at radius 3 is 2.78 bits per heavy atom. The van der Waals surface area contributed by atoms with Gasteiger partial charge in [0.1, 0.15) is 4.32 Å². The molecule has 0 atom stereocenters. The molecular weight excluding hydrogens is 444 g/mol. The Labute approximate surface area is 196 Å². The second-order valence-corrected chi connectivity index (χ2v) is 9.03. The highest BCUT2D eigenvalue weighted by Gasteiger charge is 2.31. The number of thiocarbonyl (C=S) groups is 1. The fraction of sp³-hybridized carbons (Fsp3) is 0.208. The number of ether oxygens (including phenoxy) is 2. The van der Waals surface area contributed by atoms with E-state index in [0.717, 1.165) is 11.1 Å². The van der Waals surface area contributed by atoms with Gasteiger partial charge in [0.2, 0.25) is 12.7 Å². The van der Waals surface area contributed by atoms with Crippen molar-refractivity contribution in [1.82, 2.24) is 4.90 Å². The number of nitrogens with one attached hydrogen (secondary N) is 1. The van der Waals surface area contributed by atoms with Crippen LogP contribution in [0, 0.1) is 0 Å². The molecule has 2 amide bonds. The van der Waals surface area contributed by atoms with E-state index in [1.165, 1.54) is 11.8 Å². The molecule has 2 aromatic carbocycles. The van der Waals surface area contributed by atoms with Crippen LogP contribution in [0.3, 0.4) is 0 Å². The van der Waals surface area contributed by atoms with Gasteiger partial charge in [-0.25, -0.2) is 0 Å². The largest absolute Gasteiger partial charge is 0.454 e. The highest BCUT2D eigenvalue weighted by atomic mass is 32.2. The number of carbonyl (C=O) groups is 2. The molecule has 0 radical (unpaired) electrons. The number of anilines is 1.